The first-order chi connectivity index (χ1) is 10.7. The molecule has 1 heterocycles. The van der Waals surface area contributed by atoms with Crippen LogP contribution < -0.4 is 5.32 Å². The van der Waals surface area contributed by atoms with E-state index in [9.17, 15) is 4.79 Å². The molecular weight excluding hydrogens is 280 g/mol. The minimum atomic E-state index is -0.315. The minimum Gasteiger partial charge on any atom is -0.384 e. The van der Waals surface area contributed by atoms with Crippen molar-refractivity contribution in [3.8, 4) is 0 Å². The van der Waals surface area contributed by atoms with Crippen LogP contribution in [0.15, 0.2) is 6.33 Å². The van der Waals surface area contributed by atoms with E-state index in [4.69, 9.17) is 4.74 Å². The van der Waals surface area contributed by atoms with Gasteiger partial charge in [-0.2, -0.15) is 0 Å². The van der Waals surface area contributed by atoms with Gasteiger partial charge in [-0.3, -0.25) is 4.79 Å². The Morgan fingerprint density at radius 1 is 1.36 bits per heavy atom. The second-order valence-electron chi connectivity index (χ2n) is 6.70. The molecule has 2 fully saturated rings. The van der Waals surface area contributed by atoms with Gasteiger partial charge in [0.25, 0.3) is 0 Å². The number of nitrogens with one attached hydrogen (secondary N) is 1. The van der Waals surface area contributed by atoms with Crippen molar-refractivity contribution >= 4 is 5.91 Å². The molecule has 6 heteroatoms. The second kappa shape index (κ2) is 6.77. The Labute approximate surface area is 131 Å². The van der Waals surface area contributed by atoms with Gasteiger partial charge in [-0.1, -0.05) is 25.7 Å². The van der Waals surface area contributed by atoms with Gasteiger partial charge in [-0.25, -0.2) is 0 Å². The van der Waals surface area contributed by atoms with E-state index in [-0.39, 0.29) is 11.3 Å². The second-order valence-corrected chi connectivity index (χ2v) is 6.70. The number of amides is 1. The monoisotopic (exact) mass is 306 g/mol. The number of hydrogen-bond acceptors (Lipinski definition) is 4. The van der Waals surface area contributed by atoms with E-state index in [1.165, 1.54) is 32.1 Å². The number of aromatic nitrogens is 3. The Morgan fingerprint density at radius 2 is 2.14 bits per heavy atom. The zero-order valence-corrected chi connectivity index (χ0v) is 13.4. The molecule has 0 radical (unpaired) electrons. The molecule has 22 heavy (non-hydrogen) atoms. The van der Waals surface area contributed by atoms with Crippen molar-refractivity contribution in [2.45, 2.75) is 64.0 Å². The van der Waals surface area contributed by atoms with Crippen molar-refractivity contribution in [2.75, 3.05) is 13.7 Å². The molecule has 3 rings (SSSR count). The predicted octanol–water partition coefficient (Wildman–Crippen LogP) is 2.22. The van der Waals surface area contributed by atoms with E-state index in [0.717, 1.165) is 25.1 Å². The third-order valence-corrected chi connectivity index (χ3v) is 5.24. The molecule has 1 aromatic rings. The van der Waals surface area contributed by atoms with Crippen molar-refractivity contribution in [3.05, 3.63) is 12.2 Å². The summed E-state index contributed by atoms with van der Waals surface area (Å²) in [5.74, 6) is 0.964. The first-order valence-corrected chi connectivity index (χ1v) is 8.41. The van der Waals surface area contributed by atoms with Gasteiger partial charge in [-0.15, -0.1) is 10.2 Å². The van der Waals surface area contributed by atoms with Gasteiger partial charge in [0.2, 0.25) is 5.91 Å². The summed E-state index contributed by atoms with van der Waals surface area (Å²) in [6, 6.07) is 0.493. The highest BCUT2D eigenvalue weighted by molar-refractivity contribution is 5.83. The molecular formula is C16H26N4O2. The highest BCUT2D eigenvalue weighted by atomic mass is 16.5. The van der Waals surface area contributed by atoms with Crippen LogP contribution in [-0.2, 0) is 16.1 Å². The van der Waals surface area contributed by atoms with Gasteiger partial charge < -0.3 is 14.6 Å². The van der Waals surface area contributed by atoms with Crippen LogP contribution in [0.2, 0.25) is 0 Å². The van der Waals surface area contributed by atoms with Crippen molar-refractivity contribution in [1.29, 1.82) is 0 Å². The van der Waals surface area contributed by atoms with Crippen LogP contribution in [0.25, 0.3) is 0 Å². The van der Waals surface area contributed by atoms with Crippen LogP contribution in [-0.4, -0.2) is 34.4 Å². The van der Waals surface area contributed by atoms with Gasteiger partial charge in [-0.05, 0) is 25.7 Å². The quantitative estimate of drug-likeness (QED) is 0.875. The lowest BCUT2D eigenvalue weighted by Gasteiger charge is -2.39. The van der Waals surface area contributed by atoms with Crippen LogP contribution in [0.5, 0.6) is 0 Å². The topological polar surface area (TPSA) is 69.0 Å². The Balaban J connectivity index is 1.59. The highest BCUT2D eigenvalue weighted by Gasteiger charge is 2.44. The van der Waals surface area contributed by atoms with Gasteiger partial charge >= 0.3 is 0 Å². The van der Waals surface area contributed by atoms with Crippen molar-refractivity contribution in [3.63, 3.8) is 0 Å². The summed E-state index contributed by atoms with van der Waals surface area (Å²) in [7, 11) is 1.66. The SMILES string of the molecule is COCC1(C(=O)NCc2nncn2C2CCCCC2)CCC1. The smallest absolute Gasteiger partial charge is 0.228 e. The van der Waals surface area contributed by atoms with E-state index >= 15 is 0 Å². The maximum absolute atomic E-state index is 12.5. The predicted molar refractivity (Wildman–Crippen MR) is 82.2 cm³/mol. The summed E-state index contributed by atoms with van der Waals surface area (Å²) in [4.78, 5) is 12.5. The van der Waals surface area contributed by atoms with Crippen molar-refractivity contribution in [2.24, 2.45) is 5.41 Å². The van der Waals surface area contributed by atoms with Gasteiger partial charge in [0.05, 0.1) is 18.6 Å². The van der Waals surface area contributed by atoms with E-state index < -0.39 is 0 Å². The summed E-state index contributed by atoms with van der Waals surface area (Å²) in [5, 5.41) is 11.3. The molecule has 0 aliphatic heterocycles. The lowest BCUT2D eigenvalue weighted by atomic mass is 9.68. The summed E-state index contributed by atoms with van der Waals surface area (Å²) in [6.45, 7) is 0.967. The summed E-state index contributed by atoms with van der Waals surface area (Å²) >= 11 is 0. The standard InChI is InChI=1S/C16H26N4O2/c1-22-11-16(8-5-9-16)15(21)17-10-14-19-18-12-20(14)13-6-3-2-4-7-13/h12-13H,2-11H2,1H3,(H,17,21). The fourth-order valence-electron chi connectivity index (χ4n) is 3.72. The normalized spacial score (nSPS) is 21.3. The molecule has 2 saturated carbocycles. The van der Waals surface area contributed by atoms with E-state index in [0.29, 0.717) is 19.2 Å². The molecule has 0 aromatic carbocycles. The summed E-state index contributed by atoms with van der Waals surface area (Å²) in [5.41, 5.74) is -0.315. The number of ether oxygens (including phenoxy) is 1. The minimum absolute atomic E-state index is 0.0961. The lowest BCUT2D eigenvalue weighted by Crippen LogP contribution is -2.48. The van der Waals surface area contributed by atoms with Crippen LogP contribution in [0.4, 0.5) is 0 Å². The maximum atomic E-state index is 12.5. The van der Waals surface area contributed by atoms with Gasteiger partial charge in [0.1, 0.15) is 6.33 Å². The number of methoxy groups -OCH3 is 1. The van der Waals surface area contributed by atoms with Crippen LogP contribution in [0.3, 0.4) is 0 Å². The molecule has 2 aliphatic carbocycles. The van der Waals surface area contributed by atoms with E-state index in [1.807, 2.05) is 6.33 Å². The zero-order valence-electron chi connectivity index (χ0n) is 13.4. The van der Waals surface area contributed by atoms with Crippen molar-refractivity contribution in [1.82, 2.24) is 20.1 Å². The zero-order chi connectivity index (χ0) is 15.4. The van der Waals surface area contributed by atoms with E-state index in [1.54, 1.807) is 7.11 Å². The average molecular weight is 306 g/mol. The van der Waals surface area contributed by atoms with Gasteiger partial charge in [0, 0.05) is 13.2 Å². The molecule has 1 amide bonds. The third-order valence-electron chi connectivity index (χ3n) is 5.24. The fraction of sp³-hybridized carbons (Fsp3) is 0.812. The number of nitrogens with zero attached hydrogens (tertiary/aromatic N) is 3. The third kappa shape index (κ3) is 3.02. The van der Waals surface area contributed by atoms with Crippen LogP contribution >= 0.6 is 0 Å². The first-order valence-electron chi connectivity index (χ1n) is 8.41. The fourth-order valence-corrected chi connectivity index (χ4v) is 3.72. The summed E-state index contributed by atoms with van der Waals surface area (Å²) in [6.07, 6.45) is 11.0. The Morgan fingerprint density at radius 3 is 2.77 bits per heavy atom. The molecule has 0 saturated heterocycles. The molecule has 0 atom stereocenters. The summed E-state index contributed by atoms with van der Waals surface area (Å²) < 4.78 is 7.39. The largest absolute Gasteiger partial charge is 0.384 e. The molecule has 122 valence electrons. The molecule has 1 aromatic heterocycles. The van der Waals surface area contributed by atoms with Crippen LogP contribution in [0.1, 0.15) is 63.2 Å². The maximum Gasteiger partial charge on any atom is 0.228 e. The number of rotatable bonds is 6. The highest BCUT2D eigenvalue weighted by Crippen LogP contribution is 2.41. The molecule has 0 unspecified atom stereocenters. The first kappa shape index (κ1) is 15.5. The Hall–Kier alpha value is -1.43. The average Bonchev–Trinajstić information content (AvgIpc) is 2.98. The number of carbonyl (C=O) groups excluding carboxylic acids is 1. The molecule has 0 spiro atoms. The number of carbonyl (C=O) groups is 1. The Bertz CT molecular complexity index is 504. The molecule has 2 aliphatic rings. The van der Waals surface area contributed by atoms with E-state index in [2.05, 4.69) is 20.1 Å². The van der Waals surface area contributed by atoms with Crippen LogP contribution in [0, 0.1) is 5.41 Å². The Kier molecular flexibility index (Phi) is 4.76. The lowest BCUT2D eigenvalue weighted by molar-refractivity contribution is -0.140. The van der Waals surface area contributed by atoms with Gasteiger partial charge in [0.15, 0.2) is 5.82 Å². The van der Waals surface area contributed by atoms with Crippen molar-refractivity contribution < 1.29 is 9.53 Å². The molecule has 0 bridgehead atoms. The molecule has 6 nitrogen and oxygen atoms in total. The number of hydrogen-bond donors (Lipinski definition) is 1. The molecule has 1 N–H and O–H groups in total.